The van der Waals surface area contributed by atoms with Gasteiger partial charge in [-0.25, -0.2) is 4.79 Å². The molecule has 0 unspecified atom stereocenters. The predicted octanol–water partition coefficient (Wildman–Crippen LogP) is 0.422. The first-order valence-corrected chi connectivity index (χ1v) is 3.50. The molecule has 0 amide bonds. The third-order valence-electron chi connectivity index (χ3n) is 1.11. The number of likely N-dealkylation sites (N-methyl/N-ethyl adjacent to an activating group) is 1. The minimum absolute atomic E-state index is 0.293. The van der Waals surface area contributed by atoms with E-state index in [1.54, 1.807) is 0 Å². The Labute approximate surface area is 67.8 Å². The fourth-order valence-corrected chi connectivity index (χ4v) is 0.533. The van der Waals surface area contributed by atoms with Crippen molar-refractivity contribution in [1.82, 2.24) is 0 Å². The molecule has 0 saturated heterocycles. The lowest BCUT2D eigenvalue weighted by molar-refractivity contribution is -0.864. The van der Waals surface area contributed by atoms with Gasteiger partial charge in [-0.05, 0) is 6.08 Å². The van der Waals surface area contributed by atoms with Crippen LogP contribution in [0, 0.1) is 0 Å². The summed E-state index contributed by atoms with van der Waals surface area (Å²) in [5.74, 6) is -0.293. The number of nitrogens with zero attached hydrogens (tertiary/aromatic N) is 1. The van der Waals surface area contributed by atoms with Crippen molar-refractivity contribution in [3.8, 4) is 0 Å². The summed E-state index contributed by atoms with van der Waals surface area (Å²) < 4.78 is 5.25. The van der Waals surface area contributed by atoms with Gasteiger partial charge >= 0.3 is 5.97 Å². The summed E-state index contributed by atoms with van der Waals surface area (Å²) in [5.41, 5.74) is 0. The van der Waals surface area contributed by atoms with E-state index in [0.717, 1.165) is 11.0 Å². The molecule has 0 heterocycles. The van der Waals surface area contributed by atoms with Crippen molar-refractivity contribution in [1.29, 1.82) is 0 Å². The molecule has 0 spiro atoms. The Bertz CT molecular complexity index is 156. The van der Waals surface area contributed by atoms with Gasteiger partial charge in [-0.1, -0.05) is 0 Å². The Hall–Kier alpha value is -0.830. The fourth-order valence-electron chi connectivity index (χ4n) is 0.533. The number of rotatable bonds is 3. The van der Waals surface area contributed by atoms with Gasteiger partial charge in [-0.2, -0.15) is 0 Å². The number of carbonyl (C=O) groups excluding carboxylic acids is 1. The van der Waals surface area contributed by atoms with Crippen LogP contribution in [-0.2, 0) is 9.53 Å². The molecule has 11 heavy (non-hydrogen) atoms. The van der Waals surface area contributed by atoms with E-state index < -0.39 is 0 Å². The molecule has 64 valence electrons. The van der Waals surface area contributed by atoms with Crippen LogP contribution >= 0.6 is 0 Å². The third kappa shape index (κ3) is 7.06. The van der Waals surface area contributed by atoms with Crippen LogP contribution in [0.4, 0.5) is 0 Å². The first kappa shape index (κ1) is 10.2. The zero-order chi connectivity index (χ0) is 8.91. The largest absolute Gasteiger partial charge is 0.466 e. The van der Waals surface area contributed by atoms with Crippen molar-refractivity contribution in [2.45, 2.75) is 0 Å². The van der Waals surface area contributed by atoms with Crippen molar-refractivity contribution in [2.24, 2.45) is 0 Å². The molecule has 0 fully saturated rings. The molecule has 0 aromatic heterocycles. The Morgan fingerprint density at radius 2 is 2.00 bits per heavy atom. The highest BCUT2D eigenvalue weighted by Gasteiger charge is 2.02. The van der Waals surface area contributed by atoms with Crippen molar-refractivity contribution >= 4 is 5.97 Å². The Morgan fingerprint density at radius 1 is 1.45 bits per heavy atom. The number of hydrogen-bond acceptors (Lipinski definition) is 2. The number of hydrogen-bond donors (Lipinski definition) is 0. The number of quaternary nitrogens is 1. The van der Waals surface area contributed by atoms with Gasteiger partial charge in [-0.15, -0.1) is 0 Å². The highest BCUT2D eigenvalue weighted by Crippen LogP contribution is 1.89. The van der Waals surface area contributed by atoms with E-state index in [4.69, 9.17) is 0 Å². The molecule has 0 aromatic rings. The molecule has 0 N–H and O–H groups in total. The second-order valence-corrected chi connectivity index (χ2v) is 3.40. The zero-order valence-corrected chi connectivity index (χ0v) is 7.63. The first-order chi connectivity index (χ1) is 4.95. The van der Waals surface area contributed by atoms with Gasteiger partial charge in [0, 0.05) is 6.08 Å². The van der Waals surface area contributed by atoms with Crippen molar-refractivity contribution in [2.75, 3.05) is 34.8 Å². The Kier molecular flexibility index (Phi) is 3.82. The van der Waals surface area contributed by atoms with Gasteiger partial charge in [0.2, 0.25) is 0 Å². The number of methoxy groups -OCH3 is 1. The van der Waals surface area contributed by atoms with Crippen LogP contribution in [-0.4, -0.2) is 45.2 Å². The van der Waals surface area contributed by atoms with Crippen molar-refractivity contribution < 1.29 is 14.0 Å². The highest BCUT2D eigenvalue weighted by atomic mass is 16.5. The van der Waals surface area contributed by atoms with Gasteiger partial charge < -0.3 is 9.22 Å². The van der Waals surface area contributed by atoms with Crippen LogP contribution in [0.1, 0.15) is 0 Å². The fraction of sp³-hybridized carbons (Fsp3) is 0.625. The molecule has 0 radical (unpaired) electrons. The van der Waals surface area contributed by atoms with Crippen molar-refractivity contribution in [3.05, 3.63) is 12.2 Å². The lowest BCUT2D eigenvalue weighted by Crippen LogP contribution is -2.34. The summed E-state index contributed by atoms with van der Waals surface area (Å²) in [5, 5.41) is 0. The van der Waals surface area contributed by atoms with E-state index in [2.05, 4.69) is 25.9 Å². The third-order valence-corrected chi connectivity index (χ3v) is 1.11. The maximum absolute atomic E-state index is 10.6. The molecule has 0 aliphatic rings. The maximum atomic E-state index is 10.6. The number of esters is 1. The smallest absolute Gasteiger partial charge is 0.330 e. The minimum Gasteiger partial charge on any atom is -0.466 e. The van der Waals surface area contributed by atoms with E-state index in [0.29, 0.717) is 0 Å². The second kappa shape index (κ2) is 4.13. The summed E-state index contributed by atoms with van der Waals surface area (Å²) >= 11 is 0. The average Bonchev–Trinajstić information content (AvgIpc) is 1.85. The molecule has 0 aliphatic heterocycles. The molecule has 3 heteroatoms. The monoisotopic (exact) mass is 158 g/mol. The summed E-state index contributed by atoms with van der Waals surface area (Å²) in [6.07, 6.45) is 3.26. The summed E-state index contributed by atoms with van der Waals surface area (Å²) in [6.45, 7) is 0.828. The normalized spacial score (nSPS) is 12.0. The van der Waals surface area contributed by atoms with E-state index in [-0.39, 0.29) is 5.97 Å². The van der Waals surface area contributed by atoms with Crippen LogP contribution in [0.15, 0.2) is 12.2 Å². The molecule has 0 bridgehead atoms. The van der Waals surface area contributed by atoms with E-state index >= 15 is 0 Å². The van der Waals surface area contributed by atoms with Crippen LogP contribution in [0.25, 0.3) is 0 Å². The van der Waals surface area contributed by atoms with Crippen LogP contribution in [0.5, 0.6) is 0 Å². The summed E-state index contributed by atoms with van der Waals surface area (Å²) in [4.78, 5) is 10.6. The highest BCUT2D eigenvalue weighted by molar-refractivity contribution is 5.81. The molecule has 0 aromatic carbocycles. The number of ether oxygens (including phenoxy) is 1. The Morgan fingerprint density at radius 3 is 2.36 bits per heavy atom. The molecular weight excluding hydrogens is 142 g/mol. The van der Waals surface area contributed by atoms with Gasteiger partial charge in [0.1, 0.15) is 0 Å². The predicted molar refractivity (Wildman–Crippen MR) is 44.1 cm³/mol. The van der Waals surface area contributed by atoms with Crippen molar-refractivity contribution in [3.63, 3.8) is 0 Å². The van der Waals surface area contributed by atoms with Gasteiger partial charge in [0.25, 0.3) is 0 Å². The summed E-state index contributed by atoms with van der Waals surface area (Å²) in [6, 6.07) is 0. The quantitative estimate of drug-likeness (QED) is 0.338. The van der Waals surface area contributed by atoms with Crippen LogP contribution in [0.3, 0.4) is 0 Å². The second-order valence-electron chi connectivity index (χ2n) is 3.40. The zero-order valence-electron chi connectivity index (χ0n) is 7.63. The van der Waals surface area contributed by atoms with Gasteiger partial charge in [-0.3, -0.25) is 0 Å². The molecule has 0 saturated carbocycles. The Balaban J connectivity index is 3.70. The van der Waals surface area contributed by atoms with E-state index in [1.807, 2.05) is 6.08 Å². The lowest BCUT2D eigenvalue weighted by Gasteiger charge is -2.21. The number of carbonyl (C=O) groups is 1. The van der Waals surface area contributed by atoms with Gasteiger partial charge in [0.15, 0.2) is 0 Å². The molecular formula is C8H16NO2+. The first-order valence-electron chi connectivity index (χ1n) is 3.50. The molecule has 0 atom stereocenters. The van der Waals surface area contributed by atoms with Gasteiger partial charge in [0.05, 0.1) is 34.8 Å². The SMILES string of the molecule is COC(=O)/C=C/C[N+](C)(C)C. The van der Waals surface area contributed by atoms with E-state index in [1.165, 1.54) is 13.2 Å². The maximum Gasteiger partial charge on any atom is 0.330 e. The molecule has 0 rings (SSSR count). The average molecular weight is 158 g/mol. The summed E-state index contributed by atoms with van der Waals surface area (Å²) in [7, 11) is 7.55. The molecule has 0 aliphatic carbocycles. The molecule has 3 nitrogen and oxygen atoms in total. The van der Waals surface area contributed by atoms with E-state index in [9.17, 15) is 4.79 Å². The van der Waals surface area contributed by atoms with Crippen LogP contribution < -0.4 is 0 Å². The van der Waals surface area contributed by atoms with Crippen LogP contribution in [0.2, 0.25) is 0 Å². The minimum atomic E-state index is -0.293. The lowest BCUT2D eigenvalue weighted by atomic mass is 10.4. The standard InChI is InChI=1S/C8H16NO2/c1-9(2,3)7-5-6-8(10)11-4/h5-6H,7H2,1-4H3/q+1/b6-5+. The topological polar surface area (TPSA) is 26.3 Å².